The molecule has 1 atom stereocenters. The minimum atomic E-state index is -0.499. The number of aryl methyl sites for hydroxylation is 1. The Hall–Kier alpha value is -4.35. The highest BCUT2D eigenvalue weighted by Crippen LogP contribution is 2.32. The van der Waals surface area contributed by atoms with Crippen LogP contribution in [0.5, 0.6) is 0 Å². The van der Waals surface area contributed by atoms with Gasteiger partial charge in [-0.3, -0.25) is 9.78 Å². The lowest BCUT2D eigenvalue weighted by Gasteiger charge is -2.16. The number of carbonyl (C=O) groups excluding carboxylic acids is 1. The smallest absolute Gasteiger partial charge is 0.274 e. The van der Waals surface area contributed by atoms with Gasteiger partial charge in [0.05, 0.1) is 28.7 Å². The molecule has 8 nitrogen and oxygen atoms in total. The van der Waals surface area contributed by atoms with E-state index in [1.54, 1.807) is 25.1 Å². The van der Waals surface area contributed by atoms with Crippen molar-refractivity contribution in [3.8, 4) is 28.6 Å². The van der Waals surface area contributed by atoms with Crippen LogP contribution in [-0.4, -0.2) is 25.8 Å². The molecule has 1 amide bonds. The quantitative estimate of drug-likeness (QED) is 0.411. The van der Waals surface area contributed by atoms with Crippen molar-refractivity contribution in [1.29, 1.82) is 5.26 Å². The Bertz CT molecular complexity index is 1380. The molecule has 3 N–H and O–H groups in total. The van der Waals surface area contributed by atoms with Gasteiger partial charge in [0.25, 0.3) is 5.91 Å². The number of nitriles is 1. The fourth-order valence-electron chi connectivity index (χ4n) is 3.45. The van der Waals surface area contributed by atoms with E-state index in [2.05, 4.69) is 25.3 Å². The number of amides is 1. The summed E-state index contributed by atoms with van der Waals surface area (Å²) < 4.78 is 0. The third-order valence-corrected chi connectivity index (χ3v) is 5.28. The first-order chi connectivity index (χ1) is 16.4. The second kappa shape index (κ2) is 9.65. The third-order valence-electron chi connectivity index (χ3n) is 5.09. The predicted molar refractivity (Wildman–Crippen MR) is 130 cm³/mol. The average Bonchev–Trinajstić information content (AvgIpc) is 2.83. The van der Waals surface area contributed by atoms with E-state index in [1.807, 2.05) is 49.4 Å². The average molecular weight is 470 g/mol. The molecule has 3 heterocycles. The molecule has 0 radical (unpaired) electrons. The van der Waals surface area contributed by atoms with Crippen LogP contribution in [0.25, 0.3) is 22.5 Å². The number of nitrogens with one attached hydrogen (secondary N) is 1. The van der Waals surface area contributed by atoms with Crippen LogP contribution in [0.3, 0.4) is 0 Å². The fraction of sp³-hybridized carbons (Fsp3) is 0.120. The highest BCUT2D eigenvalue weighted by Gasteiger charge is 2.22. The zero-order chi connectivity index (χ0) is 24.2. The van der Waals surface area contributed by atoms with Crippen LogP contribution in [0, 0.1) is 18.3 Å². The summed E-state index contributed by atoms with van der Waals surface area (Å²) in [5, 5.41) is 12.1. The van der Waals surface area contributed by atoms with Crippen LogP contribution in [0.4, 0.5) is 5.82 Å². The number of nitrogens with two attached hydrogens (primary N) is 1. The maximum absolute atomic E-state index is 13.1. The Labute approximate surface area is 201 Å². The van der Waals surface area contributed by atoms with Crippen LogP contribution in [-0.2, 0) is 0 Å². The van der Waals surface area contributed by atoms with E-state index in [9.17, 15) is 4.79 Å². The zero-order valence-electron chi connectivity index (χ0n) is 18.5. The number of carbonyl (C=O) groups is 1. The number of nitrogens with zero attached hydrogens (tertiary/aromatic N) is 5. The second-order valence-electron chi connectivity index (χ2n) is 7.62. The first-order valence-electron chi connectivity index (χ1n) is 10.4. The molecule has 0 aliphatic heterocycles. The summed E-state index contributed by atoms with van der Waals surface area (Å²) in [4.78, 5) is 30.7. The number of pyridine rings is 2. The molecular formula is C25H20ClN7O. The number of hydrogen-bond acceptors (Lipinski definition) is 7. The Morgan fingerprint density at radius 2 is 1.79 bits per heavy atom. The van der Waals surface area contributed by atoms with E-state index in [0.29, 0.717) is 39.1 Å². The van der Waals surface area contributed by atoms with Crippen LogP contribution >= 0.6 is 11.6 Å². The SMILES string of the molecule is Cc1cc(-c2nc(C(=O)NC(C)c3ccc(C#N)cn3)c(N)nc2-c2ccccc2)cc(Cl)n1. The van der Waals surface area contributed by atoms with Gasteiger partial charge in [-0.2, -0.15) is 5.26 Å². The fourth-order valence-corrected chi connectivity index (χ4v) is 3.70. The summed E-state index contributed by atoms with van der Waals surface area (Å²) in [5.41, 5.74) is 10.4. The summed E-state index contributed by atoms with van der Waals surface area (Å²) in [7, 11) is 0. The summed E-state index contributed by atoms with van der Waals surface area (Å²) in [6, 6.07) is 17.8. The van der Waals surface area contributed by atoms with E-state index in [1.165, 1.54) is 6.20 Å². The van der Waals surface area contributed by atoms with Crippen molar-refractivity contribution in [3.05, 3.63) is 88.6 Å². The van der Waals surface area contributed by atoms with Crippen molar-refractivity contribution in [2.75, 3.05) is 5.73 Å². The first kappa shape index (κ1) is 22.8. The molecule has 0 aliphatic carbocycles. The Morgan fingerprint density at radius 1 is 1.06 bits per heavy atom. The van der Waals surface area contributed by atoms with Crippen LogP contribution in [0.1, 0.15) is 40.4 Å². The molecule has 9 heteroatoms. The van der Waals surface area contributed by atoms with Gasteiger partial charge in [-0.15, -0.1) is 0 Å². The molecule has 168 valence electrons. The molecule has 4 aromatic rings. The predicted octanol–water partition coefficient (Wildman–Crippen LogP) is 4.51. The standard InChI is InChI=1S/C25H20ClN7O/c1-14-10-18(11-20(26)30-14)22-21(17-6-4-3-5-7-17)33-24(28)23(32-22)25(34)31-15(2)19-9-8-16(12-27)13-29-19/h3-11,13,15H,1-2H3,(H2,28,33)(H,31,34). The molecule has 3 aromatic heterocycles. The number of benzene rings is 1. The Morgan fingerprint density at radius 3 is 2.44 bits per heavy atom. The second-order valence-corrected chi connectivity index (χ2v) is 8.01. The third kappa shape index (κ3) is 4.85. The maximum Gasteiger partial charge on any atom is 0.274 e. The molecule has 0 bridgehead atoms. The highest BCUT2D eigenvalue weighted by atomic mass is 35.5. The molecule has 34 heavy (non-hydrogen) atoms. The monoisotopic (exact) mass is 469 g/mol. The van der Waals surface area contributed by atoms with Gasteiger partial charge in [0, 0.05) is 23.0 Å². The van der Waals surface area contributed by atoms with Crippen molar-refractivity contribution in [2.45, 2.75) is 19.9 Å². The lowest BCUT2D eigenvalue weighted by molar-refractivity contribution is 0.0935. The number of hydrogen-bond donors (Lipinski definition) is 2. The van der Waals surface area contributed by atoms with E-state index in [4.69, 9.17) is 22.6 Å². The van der Waals surface area contributed by atoms with Gasteiger partial charge < -0.3 is 11.1 Å². The van der Waals surface area contributed by atoms with Gasteiger partial charge in [0.1, 0.15) is 11.2 Å². The van der Waals surface area contributed by atoms with Gasteiger partial charge in [-0.25, -0.2) is 15.0 Å². The topological polar surface area (TPSA) is 130 Å². The van der Waals surface area contributed by atoms with Crippen molar-refractivity contribution >= 4 is 23.3 Å². The molecule has 0 fully saturated rings. The lowest BCUT2D eigenvalue weighted by atomic mass is 10.0. The zero-order valence-corrected chi connectivity index (χ0v) is 19.2. The van der Waals surface area contributed by atoms with Crippen molar-refractivity contribution < 1.29 is 4.79 Å². The molecule has 1 unspecified atom stereocenters. The molecular weight excluding hydrogens is 450 g/mol. The summed E-state index contributed by atoms with van der Waals surface area (Å²) in [6.45, 7) is 3.60. The summed E-state index contributed by atoms with van der Waals surface area (Å²) in [5.74, 6) is -0.502. The van der Waals surface area contributed by atoms with E-state index < -0.39 is 11.9 Å². The maximum atomic E-state index is 13.1. The van der Waals surface area contributed by atoms with Gasteiger partial charge in [0.15, 0.2) is 11.5 Å². The van der Waals surface area contributed by atoms with Crippen molar-refractivity contribution in [3.63, 3.8) is 0 Å². The highest BCUT2D eigenvalue weighted by molar-refractivity contribution is 6.29. The number of nitrogen functional groups attached to an aromatic ring is 1. The summed E-state index contributed by atoms with van der Waals surface area (Å²) in [6.07, 6.45) is 1.45. The normalized spacial score (nSPS) is 11.5. The van der Waals surface area contributed by atoms with Gasteiger partial charge in [0.2, 0.25) is 0 Å². The molecule has 1 aromatic carbocycles. The summed E-state index contributed by atoms with van der Waals surface area (Å²) >= 11 is 6.20. The van der Waals surface area contributed by atoms with E-state index in [-0.39, 0.29) is 11.5 Å². The number of rotatable bonds is 5. The van der Waals surface area contributed by atoms with Gasteiger partial charge >= 0.3 is 0 Å². The van der Waals surface area contributed by atoms with Crippen molar-refractivity contribution in [2.24, 2.45) is 0 Å². The first-order valence-corrected chi connectivity index (χ1v) is 10.8. The number of halogens is 1. The molecule has 0 saturated heterocycles. The van der Waals surface area contributed by atoms with E-state index in [0.717, 1.165) is 5.56 Å². The molecule has 0 saturated carbocycles. The minimum Gasteiger partial charge on any atom is -0.382 e. The van der Waals surface area contributed by atoms with Crippen LogP contribution in [0.2, 0.25) is 5.15 Å². The Balaban J connectivity index is 1.75. The van der Waals surface area contributed by atoms with Crippen molar-refractivity contribution in [1.82, 2.24) is 25.3 Å². The van der Waals surface area contributed by atoms with Crippen LogP contribution < -0.4 is 11.1 Å². The lowest BCUT2D eigenvalue weighted by Crippen LogP contribution is -2.29. The molecule has 0 spiro atoms. The number of aromatic nitrogens is 4. The largest absolute Gasteiger partial charge is 0.382 e. The van der Waals surface area contributed by atoms with Gasteiger partial charge in [-0.1, -0.05) is 41.9 Å². The molecule has 0 aliphatic rings. The van der Waals surface area contributed by atoms with Gasteiger partial charge in [-0.05, 0) is 38.1 Å². The molecule has 4 rings (SSSR count). The minimum absolute atomic E-state index is 0.00281. The Kier molecular flexibility index (Phi) is 6.48. The number of anilines is 1. The van der Waals surface area contributed by atoms with E-state index >= 15 is 0 Å². The van der Waals surface area contributed by atoms with Crippen LogP contribution in [0.15, 0.2) is 60.8 Å².